The van der Waals surface area contributed by atoms with Gasteiger partial charge < -0.3 is 9.80 Å². The molecule has 0 saturated heterocycles. The van der Waals surface area contributed by atoms with E-state index in [1.54, 1.807) is 0 Å². The molecule has 1 aliphatic rings. The molecule has 1 aromatic rings. The number of amides is 1. The molecule has 0 spiro atoms. The summed E-state index contributed by atoms with van der Waals surface area (Å²) >= 11 is 0. The Bertz CT molecular complexity index is 528. The van der Waals surface area contributed by atoms with Gasteiger partial charge in [-0.25, -0.2) is 9.97 Å². The number of hydrogen-bond acceptors (Lipinski definition) is 4. The Labute approximate surface area is 133 Å². The van der Waals surface area contributed by atoms with Crippen molar-refractivity contribution < 1.29 is 4.79 Å². The van der Waals surface area contributed by atoms with Gasteiger partial charge in [0.2, 0.25) is 5.91 Å². The van der Waals surface area contributed by atoms with Crippen LogP contribution in [-0.2, 0) is 17.8 Å². The van der Waals surface area contributed by atoms with Gasteiger partial charge in [0.1, 0.15) is 11.6 Å². The van der Waals surface area contributed by atoms with E-state index in [-0.39, 0.29) is 5.91 Å². The van der Waals surface area contributed by atoms with Crippen molar-refractivity contribution in [2.75, 3.05) is 25.5 Å². The van der Waals surface area contributed by atoms with Crippen LogP contribution in [0.5, 0.6) is 0 Å². The molecule has 5 nitrogen and oxygen atoms in total. The summed E-state index contributed by atoms with van der Waals surface area (Å²) in [5, 5.41) is 0. The van der Waals surface area contributed by atoms with Crippen LogP contribution in [0.15, 0.2) is 0 Å². The highest BCUT2D eigenvalue weighted by Gasteiger charge is 2.25. The Morgan fingerprint density at radius 2 is 2.00 bits per heavy atom. The number of carbonyl (C=O) groups is 1. The lowest BCUT2D eigenvalue weighted by Gasteiger charge is -2.31. The van der Waals surface area contributed by atoms with Gasteiger partial charge in [-0.3, -0.25) is 4.79 Å². The summed E-state index contributed by atoms with van der Waals surface area (Å²) in [5.74, 6) is 2.03. The van der Waals surface area contributed by atoms with Crippen molar-refractivity contribution in [2.24, 2.45) is 0 Å². The third-order valence-corrected chi connectivity index (χ3v) is 4.17. The molecule has 0 atom stereocenters. The molecule has 0 unspecified atom stereocenters. The van der Waals surface area contributed by atoms with Gasteiger partial charge in [0, 0.05) is 39.0 Å². The number of unbranched alkanes of at least 4 members (excludes halogenated alkanes) is 3. The number of rotatable bonds is 6. The highest BCUT2D eigenvalue weighted by atomic mass is 16.2. The standard InChI is InChI=1S/C17H28N4O/c1-5-6-7-8-9-16(22)21-11-10-15-14(12-21)17(20(3)4)19-13(2)18-15/h5-12H2,1-4H3. The molecule has 1 amide bonds. The fourth-order valence-electron chi connectivity index (χ4n) is 2.96. The van der Waals surface area contributed by atoms with E-state index in [1.807, 2.05) is 30.8 Å². The zero-order valence-electron chi connectivity index (χ0n) is 14.4. The molecule has 2 rings (SSSR count). The summed E-state index contributed by atoms with van der Waals surface area (Å²) in [6.07, 6.45) is 6.07. The van der Waals surface area contributed by atoms with E-state index >= 15 is 0 Å². The average molecular weight is 304 g/mol. The van der Waals surface area contributed by atoms with Gasteiger partial charge in [0.25, 0.3) is 0 Å². The van der Waals surface area contributed by atoms with Crippen molar-refractivity contribution in [3.8, 4) is 0 Å². The molecule has 1 aliphatic heterocycles. The van der Waals surface area contributed by atoms with Crippen LogP contribution in [0, 0.1) is 6.92 Å². The number of aromatic nitrogens is 2. The molecule has 0 aliphatic carbocycles. The van der Waals surface area contributed by atoms with Crippen LogP contribution in [0.2, 0.25) is 0 Å². The number of hydrogen-bond donors (Lipinski definition) is 0. The minimum absolute atomic E-state index is 0.270. The minimum atomic E-state index is 0.270. The summed E-state index contributed by atoms with van der Waals surface area (Å²) < 4.78 is 0. The van der Waals surface area contributed by atoms with E-state index in [1.165, 1.54) is 12.8 Å². The number of aryl methyl sites for hydroxylation is 1. The zero-order chi connectivity index (χ0) is 16.1. The minimum Gasteiger partial charge on any atom is -0.362 e. The highest BCUT2D eigenvalue weighted by molar-refractivity contribution is 5.76. The number of nitrogens with zero attached hydrogens (tertiary/aromatic N) is 4. The first kappa shape index (κ1) is 16.7. The average Bonchev–Trinajstić information content (AvgIpc) is 2.50. The van der Waals surface area contributed by atoms with Gasteiger partial charge in [-0.15, -0.1) is 0 Å². The Kier molecular flexibility index (Phi) is 5.75. The Balaban J connectivity index is 2.05. The van der Waals surface area contributed by atoms with E-state index in [4.69, 9.17) is 0 Å². The van der Waals surface area contributed by atoms with Gasteiger partial charge in [-0.2, -0.15) is 0 Å². The predicted octanol–water partition coefficient (Wildman–Crippen LogP) is 2.71. The van der Waals surface area contributed by atoms with Crippen LogP contribution < -0.4 is 4.90 Å². The van der Waals surface area contributed by atoms with Crippen molar-refractivity contribution in [2.45, 2.75) is 58.9 Å². The fraction of sp³-hybridized carbons (Fsp3) is 0.706. The molecule has 5 heteroatoms. The Morgan fingerprint density at radius 1 is 1.23 bits per heavy atom. The van der Waals surface area contributed by atoms with Crippen molar-refractivity contribution in [3.05, 3.63) is 17.1 Å². The number of fused-ring (bicyclic) bond motifs is 1. The molecule has 1 aromatic heterocycles. The van der Waals surface area contributed by atoms with E-state index in [2.05, 4.69) is 16.9 Å². The van der Waals surface area contributed by atoms with E-state index < -0.39 is 0 Å². The predicted molar refractivity (Wildman–Crippen MR) is 89.0 cm³/mol. The molecule has 0 bridgehead atoms. The third kappa shape index (κ3) is 3.96. The first-order valence-corrected chi connectivity index (χ1v) is 8.34. The quantitative estimate of drug-likeness (QED) is 0.758. The van der Waals surface area contributed by atoms with Crippen LogP contribution in [0.25, 0.3) is 0 Å². The summed E-state index contributed by atoms with van der Waals surface area (Å²) in [6.45, 7) is 5.55. The van der Waals surface area contributed by atoms with Crippen LogP contribution in [0.3, 0.4) is 0 Å². The lowest BCUT2D eigenvalue weighted by atomic mass is 10.0. The molecule has 0 N–H and O–H groups in total. The maximum Gasteiger partial charge on any atom is 0.222 e. The molecule has 0 fully saturated rings. The maximum absolute atomic E-state index is 12.4. The van der Waals surface area contributed by atoms with Crippen molar-refractivity contribution >= 4 is 11.7 Å². The van der Waals surface area contributed by atoms with Crippen molar-refractivity contribution in [1.29, 1.82) is 0 Å². The van der Waals surface area contributed by atoms with Gasteiger partial charge in [0.15, 0.2) is 0 Å². The van der Waals surface area contributed by atoms with Crippen molar-refractivity contribution in [3.63, 3.8) is 0 Å². The van der Waals surface area contributed by atoms with E-state index in [0.29, 0.717) is 13.0 Å². The Hall–Kier alpha value is -1.65. The molecular formula is C17H28N4O. The topological polar surface area (TPSA) is 49.3 Å². The monoisotopic (exact) mass is 304 g/mol. The molecular weight excluding hydrogens is 276 g/mol. The van der Waals surface area contributed by atoms with Crippen LogP contribution in [0.4, 0.5) is 5.82 Å². The van der Waals surface area contributed by atoms with Gasteiger partial charge in [-0.1, -0.05) is 26.2 Å². The second-order valence-corrected chi connectivity index (χ2v) is 6.29. The van der Waals surface area contributed by atoms with Gasteiger partial charge in [-0.05, 0) is 13.3 Å². The first-order chi connectivity index (χ1) is 10.5. The van der Waals surface area contributed by atoms with Crippen LogP contribution in [0.1, 0.15) is 56.1 Å². The Morgan fingerprint density at radius 3 is 2.68 bits per heavy atom. The molecule has 122 valence electrons. The van der Waals surface area contributed by atoms with Crippen LogP contribution in [-0.4, -0.2) is 41.4 Å². The molecule has 0 aromatic carbocycles. The van der Waals surface area contributed by atoms with Gasteiger partial charge in [0.05, 0.1) is 12.2 Å². The summed E-state index contributed by atoms with van der Waals surface area (Å²) in [5.41, 5.74) is 2.22. The zero-order valence-corrected chi connectivity index (χ0v) is 14.4. The second-order valence-electron chi connectivity index (χ2n) is 6.29. The summed E-state index contributed by atoms with van der Waals surface area (Å²) in [7, 11) is 3.99. The molecule has 2 heterocycles. The summed E-state index contributed by atoms with van der Waals surface area (Å²) in [6, 6.07) is 0. The third-order valence-electron chi connectivity index (χ3n) is 4.17. The van der Waals surface area contributed by atoms with E-state index in [9.17, 15) is 4.79 Å². The fourth-order valence-corrected chi connectivity index (χ4v) is 2.96. The van der Waals surface area contributed by atoms with Crippen LogP contribution >= 0.6 is 0 Å². The maximum atomic E-state index is 12.4. The lowest BCUT2D eigenvalue weighted by Crippen LogP contribution is -2.37. The number of anilines is 1. The van der Waals surface area contributed by atoms with Gasteiger partial charge >= 0.3 is 0 Å². The first-order valence-electron chi connectivity index (χ1n) is 8.34. The number of carbonyl (C=O) groups excluding carboxylic acids is 1. The smallest absolute Gasteiger partial charge is 0.222 e. The van der Waals surface area contributed by atoms with Crippen molar-refractivity contribution in [1.82, 2.24) is 14.9 Å². The molecule has 0 radical (unpaired) electrons. The lowest BCUT2D eigenvalue weighted by molar-refractivity contribution is -0.132. The van der Waals surface area contributed by atoms with E-state index in [0.717, 1.165) is 48.7 Å². The normalized spacial score (nSPS) is 13.9. The second kappa shape index (κ2) is 7.56. The summed E-state index contributed by atoms with van der Waals surface area (Å²) in [4.78, 5) is 25.5. The SMILES string of the molecule is CCCCCCC(=O)N1CCc2nc(C)nc(N(C)C)c2C1. The highest BCUT2D eigenvalue weighted by Crippen LogP contribution is 2.26. The molecule has 22 heavy (non-hydrogen) atoms. The largest absolute Gasteiger partial charge is 0.362 e. The molecule has 0 saturated carbocycles.